The van der Waals surface area contributed by atoms with E-state index in [1.54, 1.807) is 0 Å². The Labute approximate surface area is 96.0 Å². The van der Waals surface area contributed by atoms with Crippen LogP contribution in [0.4, 0.5) is 13.2 Å². The first-order chi connectivity index (χ1) is 7.78. The van der Waals surface area contributed by atoms with Gasteiger partial charge < -0.3 is 15.6 Å². The average molecular weight is 247 g/mol. The molecule has 3 N–H and O–H groups in total. The van der Waals surface area contributed by atoms with E-state index in [0.717, 1.165) is 0 Å². The molecule has 1 fully saturated rings. The largest absolute Gasteiger partial charge is 0.573 e. The second-order valence-electron chi connectivity index (χ2n) is 4.29. The third-order valence-electron chi connectivity index (χ3n) is 2.86. The molecule has 0 heterocycles. The molecule has 6 heteroatoms. The molecule has 1 saturated carbocycles. The van der Waals surface area contributed by atoms with Gasteiger partial charge >= 0.3 is 6.36 Å². The van der Waals surface area contributed by atoms with Gasteiger partial charge in [-0.25, -0.2) is 0 Å². The second-order valence-corrected chi connectivity index (χ2v) is 4.29. The normalized spacial score (nSPS) is 28.6. The van der Waals surface area contributed by atoms with E-state index in [9.17, 15) is 18.3 Å². The SMILES string of the molecule is NC1(c2ccc(OC(F)(F)F)cc2)CC(O)C1. The van der Waals surface area contributed by atoms with Crippen molar-refractivity contribution in [1.82, 2.24) is 0 Å². The minimum absolute atomic E-state index is 0.273. The Morgan fingerprint density at radius 1 is 1.24 bits per heavy atom. The van der Waals surface area contributed by atoms with Gasteiger partial charge in [-0.3, -0.25) is 0 Å². The first-order valence-electron chi connectivity index (χ1n) is 5.12. The molecule has 1 aliphatic rings. The predicted molar refractivity (Wildman–Crippen MR) is 54.2 cm³/mol. The van der Waals surface area contributed by atoms with Crippen LogP contribution in [-0.4, -0.2) is 17.6 Å². The van der Waals surface area contributed by atoms with Crippen molar-refractivity contribution >= 4 is 0 Å². The molecule has 0 aromatic heterocycles. The van der Waals surface area contributed by atoms with Crippen molar-refractivity contribution in [2.24, 2.45) is 5.73 Å². The number of aliphatic hydroxyl groups is 1. The van der Waals surface area contributed by atoms with Crippen LogP contribution in [0.25, 0.3) is 0 Å². The number of halogens is 3. The highest BCUT2D eigenvalue weighted by atomic mass is 19.4. The van der Waals surface area contributed by atoms with Gasteiger partial charge in [0.15, 0.2) is 0 Å². The fourth-order valence-electron chi connectivity index (χ4n) is 2.01. The van der Waals surface area contributed by atoms with E-state index in [4.69, 9.17) is 5.73 Å². The van der Waals surface area contributed by atoms with Gasteiger partial charge in [0.2, 0.25) is 0 Å². The summed E-state index contributed by atoms with van der Waals surface area (Å²) in [6.07, 6.45) is -4.26. The van der Waals surface area contributed by atoms with Gasteiger partial charge in [0, 0.05) is 5.54 Å². The first-order valence-corrected chi connectivity index (χ1v) is 5.12. The molecule has 0 aliphatic heterocycles. The summed E-state index contributed by atoms with van der Waals surface area (Å²) >= 11 is 0. The lowest BCUT2D eigenvalue weighted by Crippen LogP contribution is -2.51. The zero-order valence-corrected chi connectivity index (χ0v) is 8.87. The van der Waals surface area contributed by atoms with E-state index in [1.807, 2.05) is 0 Å². The zero-order chi connectivity index (χ0) is 12.7. The molecule has 0 unspecified atom stereocenters. The van der Waals surface area contributed by atoms with Crippen LogP contribution < -0.4 is 10.5 Å². The lowest BCUT2D eigenvalue weighted by Gasteiger charge is -2.42. The maximum Gasteiger partial charge on any atom is 0.573 e. The van der Waals surface area contributed by atoms with Gasteiger partial charge in [-0.2, -0.15) is 0 Å². The fraction of sp³-hybridized carbons (Fsp3) is 0.455. The first kappa shape index (κ1) is 12.2. The second kappa shape index (κ2) is 3.89. The summed E-state index contributed by atoms with van der Waals surface area (Å²) in [5, 5.41) is 9.20. The topological polar surface area (TPSA) is 55.5 Å². The molecule has 2 rings (SSSR count). The molecule has 0 amide bonds. The molecule has 3 nitrogen and oxygen atoms in total. The third-order valence-corrected chi connectivity index (χ3v) is 2.86. The monoisotopic (exact) mass is 247 g/mol. The number of ether oxygens (including phenoxy) is 1. The lowest BCUT2D eigenvalue weighted by atomic mass is 9.71. The predicted octanol–water partition coefficient (Wildman–Crippen LogP) is 1.89. The molecule has 0 radical (unpaired) electrons. The average Bonchev–Trinajstić information content (AvgIpc) is 2.14. The number of benzene rings is 1. The van der Waals surface area contributed by atoms with Gasteiger partial charge in [0.1, 0.15) is 5.75 Å². The smallest absolute Gasteiger partial charge is 0.406 e. The van der Waals surface area contributed by atoms with Crippen LogP contribution in [0.5, 0.6) is 5.75 Å². The Morgan fingerprint density at radius 2 is 1.76 bits per heavy atom. The van der Waals surface area contributed by atoms with Crippen molar-refractivity contribution in [3.63, 3.8) is 0 Å². The number of rotatable bonds is 2. The number of nitrogens with two attached hydrogens (primary N) is 1. The van der Waals surface area contributed by atoms with E-state index in [0.29, 0.717) is 18.4 Å². The summed E-state index contributed by atoms with van der Waals surface area (Å²) in [5.74, 6) is -0.273. The molecular formula is C11H12F3NO2. The Morgan fingerprint density at radius 3 is 2.18 bits per heavy atom. The van der Waals surface area contributed by atoms with E-state index >= 15 is 0 Å². The number of aliphatic hydroxyl groups excluding tert-OH is 1. The molecule has 17 heavy (non-hydrogen) atoms. The Balaban J connectivity index is 2.09. The molecule has 0 saturated heterocycles. The van der Waals surface area contributed by atoms with Gasteiger partial charge in [-0.05, 0) is 30.5 Å². The van der Waals surface area contributed by atoms with Crippen molar-refractivity contribution < 1.29 is 23.0 Å². The summed E-state index contributed by atoms with van der Waals surface area (Å²) in [4.78, 5) is 0. The number of hydrogen-bond acceptors (Lipinski definition) is 3. The lowest BCUT2D eigenvalue weighted by molar-refractivity contribution is -0.274. The quantitative estimate of drug-likeness (QED) is 0.839. The van der Waals surface area contributed by atoms with Crippen molar-refractivity contribution in [1.29, 1.82) is 0 Å². The van der Waals surface area contributed by atoms with Crippen molar-refractivity contribution in [2.45, 2.75) is 30.8 Å². The van der Waals surface area contributed by atoms with Crippen LogP contribution in [0.2, 0.25) is 0 Å². The van der Waals surface area contributed by atoms with Crippen LogP contribution in [0.15, 0.2) is 24.3 Å². The summed E-state index contributed by atoms with van der Waals surface area (Å²) in [6.45, 7) is 0. The van der Waals surface area contributed by atoms with Crippen LogP contribution in [0.3, 0.4) is 0 Å². The molecule has 0 spiro atoms. The van der Waals surface area contributed by atoms with Gasteiger partial charge in [0.05, 0.1) is 6.10 Å². The highest BCUT2D eigenvalue weighted by Gasteiger charge is 2.41. The summed E-state index contributed by atoms with van der Waals surface area (Å²) in [5.41, 5.74) is 6.05. The van der Waals surface area contributed by atoms with Crippen LogP contribution in [-0.2, 0) is 5.54 Å². The Bertz CT molecular complexity index is 396. The van der Waals surface area contributed by atoms with Crippen molar-refractivity contribution in [3.8, 4) is 5.75 Å². The Kier molecular flexibility index (Phi) is 2.79. The third kappa shape index (κ3) is 2.70. The van der Waals surface area contributed by atoms with Crippen LogP contribution in [0.1, 0.15) is 18.4 Å². The Hall–Kier alpha value is -1.27. The molecule has 94 valence electrons. The highest BCUT2D eigenvalue weighted by Crippen LogP contribution is 2.39. The van der Waals surface area contributed by atoms with Crippen LogP contribution >= 0.6 is 0 Å². The number of alkyl halides is 3. The minimum Gasteiger partial charge on any atom is -0.406 e. The standard InChI is InChI=1S/C11H12F3NO2/c12-11(13,14)17-9-3-1-7(2-4-9)10(15)5-8(16)6-10/h1-4,8,16H,5-6,15H2. The van der Waals surface area contributed by atoms with Gasteiger partial charge in [0.25, 0.3) is 0 Å². The summed E-state index contributed by atoms with van der Waals surface area (Å²) < 4.78 is 39.5. The molecule has 1 aliphatic carbocycles. The highest BCUT2D eigenvalue weighted by molar-refractivity contribution is 5.33. The summed E-state index contributed by atoms with van der Waals surface area (Å²) in [7, 11) is 0. The molecule has 1 aromatic rings. The zero-order valence-electron chi connectivity index (χ0n) is 8.87. The molecule has 0 bridgehead atoms. The van der Waals surface area contributed by atoms with E-state index < -0.39 is 18.0 Å². The minimum atomic E-state index is -4.69. The van der Waals surface area contributed by atoms with E-state index in [1.165, 1.54) is 24.3 Å². The fourth-order valence-corrected chi connectivity index (χ4v) is 2.01. The number of hydrogen-bond donors (Lipinski definition) is 2. The maximum absolute atomic E-state index is 11.9. The van der Waals surface area contributed by atoms with Gasteiger partial charge in [-0.15, -0.1) is 13.2 Å². The van der Waals surface area contributed by atoms with E-state index in [2.05, 4.69) is 4.74 Å². The van der Waals surface area contributed by atoms with Crippen molar-refractivity contribution in [2.75, 3.05) is 0 Å². The summed E-state index contributed by atoms with van der Waals surface area (Å²) in [6, 6.07) is 5.43. The molecule has 1 aromatic carbocycles. The molecule has 0 atom stereocenters. The molecular weight excluding hydrogens is 235 g/mol. The van der Waals surface area contributed by atoms with E-state index in [-0.39, 0.29) is 5.75 Å². The van der Waals surface area contributed by atoms with Crippen molar-refractivity contribution in [3.05, 3.63) is 29.8 Å². The van der Waals surface area contributed by atoms with Crippen LogP contribution in [0, 0.1) is 0 Å². The maximum atomic E-state index is 11.9. The van der Waals surface area contributed by atoms with Gasteiger partial charge in [-0.1, -0.05) is 12.1 Å².